The highest BCUT2D eigenvalue weighted by molar-refractivity contribution is 9.10. The van der Waals surface area contributed by atoms with Gasteiger partial charge in [0.25, 0.3) is 0 Å². The van der Waals surface area contributed by atoms with E-state index >= 15 is 0 Å². The number of hydrogen-bond donors (Lipinski definition) is 1. The number of amides is 1. The van der Waals surface area contributed by atoms with Gasteiger partial charge in [0.05, 0.1) is 6.21 Å². The Morgan fingerprint density at radius 2 is 2.35 bits per heavy atom. The number of thiophene rings is 1. The molecule has 2 rings (SSSR count). The Morgan fingerprint density at radius 3 is 2.94 bits per heavy atom. The van der Waals surface area contributed by atoms with E-state index in [0.29, 0.717) is 4.67 Å². The zero-order chi connectivity index (χ0) is 12.3. The Balaban J connectivity index is 1.97. The molecule has 0 fully saturated rings. The lowest BCUT2D eigenvalue weighted by atomic mass is 10.3. The Morgan fingerprint density at radius 1 is 1.53 bits per heavy atom. The predicted molar refractivity (Wildman–Crippen MR) is 70.5 cm³/mol. The minimum absolute atomic E-state index is 0.219. The summed E-state index contributed by atoms with van der Waals surface area (Å²) in [4.78, 5) is 12.7. The molecule has 2 aromatic heterocycles. The van der Waals surface area contributed by atoms with Crippen LogP contribution in [0.25, 0.3) is 0 Å². The molecule has 4 nitrogen and oxygen atoms in total. The van der Waals surface area contributed by atoms with Crippen LogP contribution < -0.4 is 5.43 Å². The number of carbonyl (C=O) groups is 1. The van der Waals surface area contributed by atoms with Crippen LogP contribution in [0.5, 0.6) is 0 Å². The van der Waals surface area contributed by atoms with Crippen molar-refractivity contribution in [2.24, 2.45) is 5.10 Å². The summed E-state index contributed by atoms with van der Waals surface area (Å²) in [5.41, 5.74) is 3.39. The van der Waals surface area contributed by atoms with Crippen LogP contribution >= 0.6 is 27.3 Å². The second-order valence-electron chi connectivity index (χ2n) is 3.24. The Hall–Kier alpha value is -1.40. The van der Waals surface area contributed by atoms with Crippen molar-refractivity contribution in [3.05, 3.63) is 44.4 Å². The molecule has 0 atom stereocenters. The molecule has 0 unspecified atom stereocenters. The minimum Gasteiger partial charge on any atom is -0.444 e. The molecular weight excluding hydrogens is 304 g/mol. The number of nitrogens with one attached hydrogen (secondary N) is 1. The minimum atomic E-state index is -0.375. The average molecular weight is 313 g/mol. The van der Waals surface area contributed by atoms with Gasteiger partial charge in [0.2, 0.25) is 0 Å². The van der Waals surface area contributed by atoms with Gasteiger partial charge in [-0.3, -0.25) is 4.79 Å². The van der Waals surface area contributed by atoms with Crippen molar-refractivity contribution in [3.63, 3.8) is 0 Å². The van der Waals surface area contributed by atoms with E-state index in [1.165, 1.54) is 0 Å². The number of hydrazone groups is 1. The summed E-state index contributed by atoms with van der Waals surface area (Å²) in [6.07, 6.45) is 1.61. The second kappa shape index (κ2) is 5.29. The molecule has 0 aliphatic carbocycles. The molecule has 0 saturated carbocycles. The summed E-state index contributed by atoms with van der Waals surface area (Å²) in [5.74, 6) is -0.157. The molecule has 88 valence electrons. The van der Waals surface area contributed by atoms with Gasteiger partial charge in [-0.1, -0.05) is 0 Å². The summed E-state index contributed by atoms with van der Waals surface area (Å²) < 4.78 is 5.60. The van der Waals surface area contributed by atoms with Crippen LogP contribution in [0.4, 0.5) is 0 Å². The number of aryl methyl sites for hydroxylation is 1. The first kappa shape index (κ1) is 12.1. The van der Waals surface area contributed by atoms with Gasteiger partial charge in [-0.15, -0.1) is 11.3 Å². The maximum atomic E-state index is 11.5. The van der Waals surface area contributed by atoms with Crippen LogP contribution in [0, 0.1) is 6.92 Å². The van der Waals surface area contributed by atoms with Crippen molar-refractivity contribution in [1.82, 2.24) is 5.43 Å². The molecule has 1 amide bonds. The number of furan rings is 1. The van der Waals surface area contributed by atoms with Crippen LogP contribution in [-0.2, 0) is 0 Å². The van der Waals surface area contributed by atoms with Crippen LogP contribution in [0.15, 0.2) is 37.8 Å². The van der Waals surface area contributed by atoms with Gasteiger partial charge in [-0.05, 0) is 46.4 Å². The monoisotopic (exact) mass is 312 g/mol. The van der Waals surface area contributed by atoms with Gasteiger partial charge in [0.15, 0.2) is 10.4 Å². The smallest absolute Gasteiger partial charge is 0.307 e. The standard InChI is InChI=1S/C11H9BrN2O2S/c1-7-8(4-5-17-7)6-13-14-11(15)9-2-3-10(12)16-9/h2-6H,1H3,(H,14,15)/b13-6+. The zero-order valence-electron chi connectivity index (χ0n) is 8.94. The molecule has 1 N–H and O–H groups in total. The molecule has 0 radical (unpaired) electrons. The average Bonchev–Trinajstić information content (AvgIpc) is 2.88. The first-order valence-corrected chi connectivity index (χ1v) is 6.47. The van der Waals surface area contributed by atoms with E-state index in [1.807, 2.05) is 18.4 Å². The van der Waals surface area contributed by atoms with Crippen LogP contribution in [0.3, 0.4) is 0 Å². The van der Waals surface area contributed by atoms with E-state index in [1.54, 1.807) is 29.7 Å². The molecule has 2 heterocycles. The van der Waals surface area contributed by atoms with Crippen molar-refractivity contribution < 1.29 is 9.21 Å². The van der Waals surface area contributed by atoms with E-state index < -0.39 is 0 Å². The second-order valence-corrected chi connectivity index (χ2v) is 5.14. The molecule has 17 heavy (non-hydrogen) atoms. The van der Waals surface area contributed by atoms with Crippen LogP contribution in [-0.4, -0.2) is 12.1 Å². The lowest BCUT2D eigenvalue weighted by molar-refractivity contribution is 0.0926. The molecule has 2 aromatic rings. The summed E-state index contributed by atoms with van der Waals surface area (Å²) in [7, 11) is 0. The van der Waals surface area contributed by atoms with Crippen molar-refractivity contribution in [2.45, 2.75) is 6.92 Å². The fraction of sp³-hybridized carbons (Fsp3) is 0.0909. The summed E-state index contributed by atoms with van der Waals surface area (Å²) in [5, 5.41) is 5.84. The third-order valence-electron chi connectivity index (χ3n) is 2.07. The zero-order valence-corrected chi connectivity index (χ0v) is 11.3. The SMILES string of the molecule is Cc1sccc1/C=N/NC(=O)c1ccc(Br)o1. The molecule has 0 spiro atoms. The highest BCUT2D eigenvalue weighted by Gasteiger charge is 2.08. The fourth-order valence-electron chi connectivity index (χ4n) is 1.18. The van der Waals surface area contributed by atoms with E-state index in [-0.39, 0.29) is 11.7 Å². The molecule has 0 aromatic carbocycles. The van der Waals surface area contributed by atoms with Crippen molar-refractivity contribution in [3.8, 4) is 0 Å². The largest absolute Gasteiger partial charge is 0.444 e. The number of carbonyl (C=O) groups excluding carboxylic acids is 1. The number of nitrogens with zero attached hydrogens (tertiary/aromatic N) is 1. The van der Waals surface area contributed by atoms with E-state index in [2.05, 4.69) is 26.5 Å². The Labute approximate surface area is 110 Å². The van der Waals surface area contributed by atoms with E-state index in [0.717, 1.165) is 10.4 Å². The van der Waals surface area contributed by atoms with E-state index in [4.69, 9.17) is 4.42 Å². The maximum absolute atomic E-state index is 11.5. The van der Waals surface area contributed by atoms with Crippen molar-refractivity contribution >= 4 is 39.4 Å². The molecular formula is C11H9BrN2O2S. The van der Waals surface area contributed by atoms with Gasteiger partial charge in [-0.25, -0.2) is 5.43 Å². The normalized spacial score (nSPS) is 10.9. The molecule has 0 aliphatic heterocycles. The van der Waals surface area contributed by atoms with E-state index in [9.17, 15) is 4.79 Å². The summed E-state index contributed by atoms with van der Waals surface area (Å²) >= 11 is 4.76. The Kier molecular flexibility index (Phi) is 3.75. The highest BCUT2D eigenvalue weighted by Crippen LogP contribution is 2.14. The molecule has 0 aliphatic rings. The first-order valence-electron chi connectivity index (χ1n) is 4.79. The maximum Gasteiger partial charge on any atom is 0.307 e. The number of hydrogen-bond acceptors (Lipinski definition) is 4. The van der Waals surface area contributed by atoms with Crippen molar-refractivity contribution in [1.29, 1.82) is 0 Å². The quantitative estimate of drug-likeness (QED) is 0.699. The molecule has 0 saturated heterocycles. The fourth-order valence-corrected chi connectivity index (χ4v) is 2.16. The van der Waals surface area contributed by atoms with Gasteiger partial charge in [0.1, 0.15) is 0 Å². The molecule has 6 heteroatoms. The van der Waals surface area contributed by atoms with Crippen LogP contribution in [0.1, 0.15) is 21.0 Å². The number of halogens is 1. The summed E-state index contributed by atoms with van der Waals surface area (Å²) in [6.45, 7) is 2.00. The lowest BCUT2D eigenvalue weighted by Gasteiger charge is -1.94. The van der Waals surface area contributed by atoms with Crippen molar-refractivity contribution in [2.75, 3.05) is 0 Å². The van der Waals surface area contributed by atoms with Gasteiger partial charge in [0, 0.05) is 10.4 Å². The third kappa shape index (κ3) is 3.04. The molecule has 0 bridgehead atoms. The third-order valence-corrected chi connectivity index (χ3v) is 3.35. The summed E-state index contributed by atoms with van der Waals surface area (Å²) in [6, 6.07) is 5.17. The highest BCUT2D eigenvalue weighted by atomic mass is 79.9. The topological polar surface area (TPSA) is 54.6 Å². The number of rotatable bonds is 3. The first-order chi connectivity index (χ1) is 8.16. The van der Waals surface area contributed by atoms with Gasteiger partial charge >= 0.3 is 5.91 Å². The Bertz CT molecular complexity index is 559. The predicted octanol–water partition coefficient (Wildman–Crippen LogP) is 3.18. The van der Waals surface area contributed by atoms with Gasteiger partial charge in [-0.2, -0.15) is 5.10 Å². The van der Waals surface area contributed by atoms with Gasteiger partial charge < -0.3 is 4.42 Å². The lowest BCUT2D eigenvalue weighted by Crippen LogP contribution is -2.16. The van der Waals surface area contributed by atoms with Crippen LogP contribution in [0.2, 0.25) is 0 Å².